The molecule has 0 aliphatic rings. The molecule has 4 N–H and O–H groups in total. The van der Waals surface area contributed by atoms with E-state index in [9.17, 15) is 4.39 Å². The number of halogens is 2. The second-order valence-electron chi connectivity index (χ2n) is 4.55. The van der Waals surface area contributed by atoms with Crippen LogP contribution in [-0.4, -0.2) is 9.97 Å². The third kappa shape index (κ3) is 4.27. The van der Waals surface area contributed by atoms with Crippen molar-refractivity contribution in [3.63, 3.8) is 0 Å². The van der Waals surface area contributed by atoms with Gasteiger partial charge in [-0.2, -0.15) is 0 Å². The summed E-state index contributed by atoms with van der Waals surface area (Å²) in [4.78, 5) is 8.67. The first kappa shape index (κ1) is 15.5. The van der Waals surface area contributed by atoms with Gasteiger partial charge >= 0.3 is 0 Å². The van der Waals surface area contributed by atoms with Crippen molar-refractivity contribution in [3.05, 3.63) is 46.5 Å². The lowest BCUT2D eigenvalue weighted by Gasteiger charge is -2.10. The third-order valence-electron chi connectivity index (χ3n) is 2.85. The lowest BCUT2D eigenvalue weighted by Crippen LogP contribution is -2.12. The van der Waals surface area contributed by atoms with Crippen LogP contribution in [0.3, 0.4) is 0 Å². The van der Waals surface area contributed by atoms with Crippen molar-refractivity contribution in [1.82, 2.24) is 9.97 Å². The van der Waals surface area contributed by atoms with Gasteiger partial charge < -0.3 is 10.7 Å². The average Bonchev–Trinajstić information content (AvgIpc) is 2.48. The van der Waals surface area contributed by atoms with E-state index < -0.39 is 5.82 Å². The van der Waals surface area contributed by atoms with E-state index in [0.717, 1.165) is 18.4 Å². The van der Waals surface area contributed by atoms with Gasteiger partial charge in [-0.05, 0) is 24.1 Å². The summed E-state index contributed by atoms with van der Waals surface area (Å²) in [6.45, 7) is 2.53. The van der Waals surface area contributed by atoms with Crippen LogP contribution in [0.15, 0.2) is 24.3 Å². The van der Waals surface area contributed by atoms with Gasteiger partial charge in [-0.15, -0.1) is 0 Å². The van der Waals surface area contributed by atoms with E-state index in [2.05, 4.69) is 27.6 Å². The van der Waals surface area contributed by atoms with E-state index in [0.29, 0.717) is 24.0 Å². The molecule has 0 spiro atoms. The Kier molecular flexibility index (Phi) is 5.30. The topological polar surface area (TPSA) is 75.9 Å². The fraction of sp³-hybridized carbons (Fsp3) is 0.286. The predicted molar refractivity (Wildman–Crippen MR) is 82.6 cm³/mol. The van der Waals surface area contributed by atoms with Gasteiger partial charge in [0, 0.05) is 19.0 Å². The Morgan fingerprint density at radius 2 is 2.00 bits per heavy atom. The van der Waals surface area contributed by atoms with Gasteiger partial charge in [-0.3, -0.25) is 0 Å². The number of nitrogens with zero attached hydrogens (tertiary/aromatic N) is 2. The molecule has 0 fully saturated rings. The molecule has 2 aromatic rings. The fourth-order valence-corrected chi connectivity index (χ4v) is 2.04. The quantitative estimate of drug-likeness (QED) is 0.564. The summed E-state index contributed by atoms with van der Waals surface area (Å²) >= 11 is 5.75. The molecule has 21 heavy (non-hydrogen) atoms. The van der Waals surface area contributed by atoms with E-state index in [-0.39, 0.29) is 5.02 Å². The Morgan fingerprint density at radius 3 is 2.67 bits per heavy atom. The van der Waals surface area contributed by atoms with E-state index in [1.165, 1.54) is 6.07 Å². The molecule has 0 aliphatic heterocycles. The van der Waals surface area contributed by atoms with Gasteiger partial charge in [0.2, 0.25) is 0 Å². The molecule has 7 heteroatoms. The second-order valence-corrected chi connectivity index (χ2v) is 4.96. The molecule has 0 amide bonds. The van der Waals surface area contributed by atoms with Crippen LogP contribution < -0.4 is 16.6 Å². The molecule has 0 saturated carbocycles. The highest BCUT2D eigenvalue weighted by atomic mass is 35.5. The number of anilines is 2. The molecule has 0 bridgehead atoms. The van der Waals surface area contributed by atoms with Crippen molar-refractivity contribution in [2.45, 2.75) is 26.3 Å². The van der Waals surface area contributed by atoms with Crippen LogP contribution in [0.5, 0.6) is 0 Å². The number of hydrogen-bond donors (Lipinski definition) is 3. The molecule has 0 aliphatic carbocycles. The molecule has 1 aromatic carbocycles. The monoisotopic (exact) mass is 309 g/mol. The lowest BCUT2D eigenvalue weighted by molar-refractivity contribution is 0.627. The highest BCUT2D eigenvalue weighted by molar-refractivity contribution is 6.30. The number of nitrogen functional groups attached to an aromatic ring is 1. The number of aromatic nitrogens is 2. The maximum absolute atomic E-state index is 13.1. The highest BCUT2D eigenvalue weighted by Crippen LogP contribution is 2.17. The zero-order valence-electron chi connectivity index (χ0n) is 11.7. The lowest BCUT2D eigenvalue weighted by atomic mass is 10.2. The maximum atomic E-state index is 13.1. The van der Waals surface area contributed by atoms with Gasteiger partial charge in [-0.1, -0.05) is 24.6 Å². The Bertz CT molecular complexity index is 620. The fourth-order valence-electron chi connectivity index (χ4n) is 1.84. The summed E-state index contributed by atoms with van der Waals surface area (Å²) in [5.41, 5.74) is 3.38. The number of hydrazine groups is 1. The number of benzene rings is 1. The maximum Gasteiger partial charge on any atom is 0.145 e. The molecule has 1 aromatic heterocycles. The van der Waals surface area contributed by atoms with Gasteiger partial charge in [0.25, 0.3) is 0 Å². The van der Waals surface area contributed by atoms with E-state index in [4.69, 9.17) is 17.4 Å². The molecule has 0 saturated heterocycles. The van der Waals surface area contributed by atoms with Gasteiger partial charge in [-0.25, -0.2) is 20.2 Å². The molecule has 1 heterocycles. The van der Waals surface area contributed by atoms with E-state index in [1.807, 2.05) is 0 Å². The smallest absolute Gasteiger partial charge is 0.145 e. The van der Waals surface area contributed by atoms with Crippen LogP contribution in [0.4, 0.5) is 16.0 Å². The highest BCUT2D eigenvalue weighted by Gasteiger charge is 2.05. The average molecular weight is 310 g/mol. The van der Waals surface area contributed by atoms with Crippen LogP contribution in [0.1, 0.15) is 24.7 Å². The third-order valence-corrected chi connectivity index (χ3v) is 3.14. The first-order chi connectivity index (χ1) is 10.1. The van der Waals surface area contributed by atoms with Crippen molar-refractivity contribution in [2.75, 3.05) is 10.7 Å². The molecule has 0 atom stereocenters. The summed E-state index contributed by atoms with van der Waals surface area (Å²) < 4.78 is 13.1. The number of rotatable bonds is 6. The molecule has 0 radical (unpaired) electrons. The van der Waals surface area contributed by atoms with E-state index in [1.54, 1.807) is 18.2 Å². The Hall–Kier alpha value is -1.92. The van der Waals surface area contributed by atoms with Crippen molar-refractivity contribution in [3.8, 4) is 0 Å². The minimum Gasteiger partial charge on any atom is -0.366 e. The molecular formula is C14H17ClFN5. The normalized spacial score (nSPS) is 10.5. The van der Waals surface area contributed by atoms with Crippen molar-refractivity contribution < 1.29 is 4.39 Å². The number of hydrogen-bond acceptors (Lipinski definition) is 5. The number of aryl methyl sites for hydroxylation is 1. The minimum atomic E-state index is -0.428. The Balaban J connectivity index is 2.11. The van der Waals surface area contributed by atoms with E-state index >= 15 is 0 Å². The SMILES string of the molecule is CCCc1nc(NN)cc(NCc2ccc(F)c(Cl)c2)n1. The largest absolute Gasteiger partial charge is 0.366 e. The summed E-state index contributed by atoms with van der Waals surface area (Å²) in [5.74, 6) is 6.89. The van der Waals surface area contributed by atoms with Crippen molar-refractivity contribution >= 4 is 23.2 Å². The molecule has 0 unspecified atom stereocenters. The van der Waals surface area contributed by atoms with Gasteiger partial charge in [0.05, 0.1) is 5.02 Å². The first-order valence-electron chi connectivity index (χ1n) is 6.64. The minimum absolute atomic E-state index is 0.105. The molecule has 5 nitrogen and oxygen atoms in total. The van der Waals surface area contributed by atoms with Crippen LogP contribution in [0.2, 0.25) is 5.02 Å². The zero-order valence-corrected chi connectivity index (χ0v) is 12.4. The summed E-state index contributed by atoms with van der Waals surface area (Å²) in [5, 5.41) is 3.26. The Labute approximate surface area is 127 Å². The number of nitrogens with one attached hydrogen (secondary N) is 2. The standard InChI is InChI=1S/C14H17ClFN5/c1-2-3-12-19-13(7-14(20-12)21-17)18-8-9-4-5-11(16)10(15)6-9/h4-7H,2-3,8,17H2,1H3,(H2,18,19,20,21). The van der Waals surface area contributed by atoms with Gasteiger partial charge in [0.15, 0.2) is 0 Å². The van der Waals surface area contributed by atoms with Crippen LogP contribution in [0.25, 0.3) is 0 Å². The first-order valence-corrected chi connectivity index (χ1v) is 7.02. The summed E-state index contributed by atoms with van der Waals surface area (Å²) in [6, 6.07) is 6.31. The van der Waals surface area contributed by atoms with Crippen LogP contribution in [0, 0.1) is 5.82 Å². The number of nitrogens with two attached hydrogens (primary N) is 1. The summed E-state index contributed by atoms with van der Waals surface area (Å²) in [6.07, 6.45) is 1.72. The Morgan fingerprint density at radius 1 is 1.24 bits per heavy atom. The van der Waals surface area contributed by atoms with Crippen LogP contribution in [-0.2, 0) is 13.0 Å². The van der Waals surface area contributed by atoms with Gasteiger partial charge in [0.1, 0.15) is 23.3 Å². The molecule has 2 rings (SSSR count). The second kappa shape index (κ2) is 7.19. The van der Waals surface area contributed by atoms with Crippen LogP contribution >= 0.6 is 11.6 Å². The predicted octanol–water partition coefficient (Wildman–Crippen LogP) is 3.12. The zero-order chi connectivity index (χ0) is 15.2. The van der Waals surface area contributed by atoms with Crippen molar-refractivity contribution in [2.24, 2.45) is 5.84 Å². The summed E-state index contributed by atoms with van der Waals surface area (Å²) in [7, 11) is 0. The molecule has 112 valence electrons. The van der Waals surface area contributed by atoms with Crippen molar-refractivity contribution in [1.29, 1.82) is 0 Å². The molecular weight excluding hydrogens is 293 g/mol.